The van der Waals surface area contributed by atoms with Crippen molar-refractivity contribution in [2.24, 2.45) is 17.1 Å². The van der Waals surface area contributed by atoms with E-state index < -0.39 is 5.60 Å². The highest BCUT2D eigenvalue weighted by atomic mass is 16.3. The van der Waals surface area contributed by atoms with E-state index in [0.717, 1.165) is 32.1 Å². The molecule has 0 aromatic heterocycles. The average molecular weight is 296 g/mol. The fourth-order valence-electron chi connectivity index (χ4n) is 4.21. The van der Waals surface area contributed by atoms with Gasteiger partial charge in [0.05, 0.1) is 5.60 Å². The van der Waals surface area contributed by atoms with E-state index in [1.54, 1.807) is 0 Å². The van der Waals surface area contributed by atoms with Gasteiger partial charge in [0.1, 0.15) is 0 Å². The first-order valence-corrected chi connectivity index (χ1v) is 8.66. The number of amides is 1. The van der Waals surface area contributed by atoms with Crippen LogP contribution < -0.4 is 11.1 Å². The summed E-state index contributed by atoms with van der Waals surface area (Å²) in [6.45, 7) is 3.18. The van der Waals surface area contributed by atoms with E-state index >= 15 is 0 Å². The van der Waals surface area contributed by atoms with Gasteiger partial charge in [0.15, 0.2) is 0 Å². The molecule has 4 nitrogen and oxygen atoms in total. The molecule has 2 rings (SSSR count). The maximum atomic E-state index is 12.3. The van der Waals surface area contributed by atoms with Gasteiger partial charge in [-0.15, -0.1) is 0 Å². The summed E-state index contributed by atoms with van der Waals surface area (Å²) in [5.74, 6) is 0.614. The van der Waals surface area contributed by atoms with Gasteiger partial charge in [-0.05, 0) is 43.6 Å². The molecule has 2 atom stereocenters. The van der Waals surface area contributed by atoms with Gasteiger partial charge in [-0.25, -0.2) is 0 Å². The van der Waals surface area contributed by atoms with E-state index in [4.69, 9.17) is 5.73 Å². The molecular formula is C17H32N2O2. The van der Waals surface area contributed by atoms with Crippen LogP contribution in [-0.4, -0.2) is 29.7 Å². The van der Waals surface area contributed by atoms with Crippen LogP contribution in [0.2, 0.25) is 0 Å². The van der Waals surface area contributed by atoms with E-state index in [1.807, 2.05) is 0 Å². The molecule has 122 valence electrons. The largest absolute Gasteiger partial charge is 0.388 e. The van der Waals surface area contributed by atoms with Gasteiger partial charge in [-0.3, -0.25) is 4.79 Å². The van der Waals surface area contributed by atoms with E-state index in [0.29, 0.717) is 25.4 Å². The number of nitrogens with one attached hydrogen (secondary N) is 1. The summed E-state index contributed by atoms with van der Waals surface area (Å²) in [6, 6.07) is 0. The van der Waals surface area contributed by atoms with Crippen LogP contribution in [0.1, 0.15) is 71.1 Å². The molecule has 0 aromatic rings. The van der Waals surface area contributed by atoms with Crippen molar-refractivity contribution in [2.75, 3.05) is 13.1 Å². The van der Waals surface area contributed by atoms with Crippen molar-refractivity contribution in [3.8, 4) is 0 Å². The lowest BCUT2D eigenvalue weighted by molar-refractivity contribution is -0.125. The van der Waals surface area contributed by atoms with Gasteiger partial charge in [0.25, 0.3) is 0 Å². The van der Waals surface area contributed by atoms with E-state index in [-0.39, 0.29) is 11.3 Å². The summed E-state index contributed by atoms with van der Waals surface area (Å²) >= 11 is 0. The lowest BCUT2D eigenvalue weighted by Gasteiger charge is -2.37. The molecule has 2 aliphatic rings. The number of nitrogens with two attached hydrogens (primary N) is 1. The summed E-state index contributed by atoms with van der Waals surface area (Å²) in [7, 11) is 0. The molecule has 2 aliphatic carbocycles. The molecule has 0 bridgehead atoms. The monoisotopic (exact) mass is 296 g/mol. The highest BCUT2D eigenvalue weighted by Crippen LogP contribution is 2.38. The summed E-state index contributed by atoms with van der Waals surface area (Å²) in [5, 5.41) is 13.6. The first-order chi connectivity index (χ1) is 9.97. The number of carbonyl (C=O) groups excluding carboxylic acids is 1. The molecule has 0 aromatic carbocycles. The van der Waals surface area contributed by atoms with Gasteiger partial charge < -0.3 is 16.2 Å². The van der Waals surface area contributed by atoms with Crippen LogP contribution in [0.25, 0.3) is 0 Å². The Morgan fingerprint density at radius 3 is 2.57 bits per heavy atom. The van der Waals surface area contributed by atoms with Crippen molar-refractivity contribution >= 4 is 5.91 Å². The fraction of sp³-hybridized carbons (Fsp3) is 0.941. The lowest BCUT2D eigenvalue weighted by atomic mass is 9.71. The Hall–Kier alpha value is -0.610. The Morgan fingerprint density at radius 1 is 1.24 bits per heavy atom. The minimum atomic E-state index is -0.699. The molecule has 4 N–H and O–H groups in total. The maximum Gasteiger partial charge on any atom is 0.220 e. The van der Waals surface area contributed by atoms with E-state index in [9.17, 15) is 9.90 Å². The summed E-state index contributed by atoms with van der Waals surface area (Å²) in [5.41, 5.74) is 5.25. The molecule has 0 heterocycles. The van der Waals surface area contributed by atoms with Crippen molar-refractivity contribution in [3.63, 3.8) is 0 Å². The molecule has 2 unspecified atom stereocenters. The number of rotatable bonds is 5. The minimum Gasteiger partial charge on any atom is -0.388 e. The molecule has 0 aliphatic heterocycles. The highest BCUT2D eigenvalue weighted by molar-refractivity contribution is 5.76. The van der Waals surface area contributed by atoms with Crippen LogP contribution >= 0.6 is 0 Å². The van der Waals surface area contributed by atoms with Crippen LogP contribution in [0.15, 0.2) is 0 Å². The minimum absolute atomic E-state index is 0.00477. The Bertz CT molecular complexity index is 353. The number of hydrogen-bond donors (Lipinski definition) is 3. The zero-order valence-corrected chi connectivity index (χ0v) is 13.5. The Labute approximate surface area is 128 Å². The number of hydrogen-bond acceptors (Lipinski definition) is 3. The average Bonchev–Trinajstić information content (AvgIpc) is 2.46. The normalized spacial score (nSPS) is 32.6. The van der Waals surface area contributed by atoms with E-state index in [2.05, 4.69) is 12.2 Å². The molecule has 1 amide bonds. The standard InChI is InChI=1S/C17H32N2O2/c1-14-6-5-9-17(21,10-14)13-19-15(20)11-16(12-18)7-3-2-4-8-16/h14,21H,2-13,18H2,1H3,(H,19,20). The zero-order valence-electron chi connectivity index (χ0n) is 13.5. The topological polar surface area (TPSA) is 75.3 Å². The Kier molecular flexibility index (Phi) is 5.67. The first kappa shape index (κ1) is 16.8. The molecule has 0 saturated heterocycles. The Balaban J connectivity index is 1.81. The second-order valence-electron chi connectivity index (χ2n) is 7.64. The SMILES string of the molecule is CC1CCCC(O)(CNC(=O)CC2(CN)CCCCC2)C1. The predicted molar refractivity (Wildman–Crippen MR) is 84.8 cm³/mol. The number of aliphatic hydroxyl groups is 1. The third kappa shape index (κ3) is 4.68. The third-order valence-electron chi connectivity index (χ3n) is 5.56. The van der Waals surface area contributed by atoms with Gasteiger partial charge in [0, 0.05) is 13.0 Å². The molecule has 0 spiro atoms. The summed E-state index contributed by atoms with van der Waals surface area (Å²) < 4.78 is 0. The van der Waals surface area contributed by atoms with Crippen LogP contribution in [0.4, 0.5) is 0 Å². The van der Waals surface area contributed by atoms with Gasteiger partial charge in [-0.2, -0.15) is 0 Å². The third-order valence-corrected chi connectivity index (χ3v) is 5.56. The van der Waals surface area contributed by atoms with Crippen molar-refractivity contribution in [3.05, 3.63) is 0 Å². The van der Waals surface area contributed by atoms with Crippen LogP contribution in [0, 0.1) is 11.3 Å². The predicted octanol–water partition coefficient (Wildman–Crippen LogP) is 2.34. The zero-order chi connectivity index (χ0) is 15.3. The highest BCUT2D eigenvalue weighted by Gasteiger charge is 2.35. The lowest BCUT2D eigenvalue weighted by Crippen LogP contribution is -2.47. The van der Waals surface area contributed by atoms with Crippen LogP contribution in [0.3, 0.4) is 0 Å². The van der Waals surface area contributed by atoms with Crippen LogP contribution in [0.5, 0.6) is 0 Å². The first-order valence-electron chi connectivity index (χ1n) is 8.66. The molecule has 2 fully saturated rings. The molecule has 4 heteroatoms. The molecule has 2 saturated carbocycles. The second-order valence-corrected chi connectivity index (χ2v) is 7.64. The maximum absolute atomic E-state index is 12.3. The summed E-state index contributed by atoms with van der Waals surface area (Å²) in [6.07, 6.45) is 10.1. The van der Waals surface area contributed by atoms with Crippen molar-refractivity contribution in [2.45, 2.75) is 76.7 Å². The van der Waals surface area contributed by atoms with Crippen molar-refractivity contribution in [1.82, 2.24) is 5.32 Å². The van der Waals surface area contributed by atoms with Gasteiger partial charge in [0.2, 0.25) is 5.91 Å². The van der Waals surface area contributed by atoms with Crippen LogP contribution in [-0.2, 0) is 4.79 Å². The fourth-order valence-corrected chi connectivity index (χ4v) is 4.21. The van der Waals surface area contributed by atoms with Gasteiger partial charge >= 0.3 is 0 Å². The molecule has 21 heavy (non-hydrogen) atoms. The molecule has 0 radical (unpaired) electrons. The quantitative estimate of drug-likeness (QED) is 0.729. The molecular weight excluding hydrogens is 264 g/mol. The van der Waals surface area contributed by atoms with Crippen molar-refractivity contribution < 1.29 is 9.90 Å². The smallest absolute Gasteiger partial charge is 0.220 e. The van der Waals surface area contributed by atoms with Crippen molar-refractivity contribution in [1.29, 1.82) is 0 Å². The van der Waals surface area contributed by atoms with Gasteiger partial charge in [-0.1, -0.05) is 39.0 Å². The Morgan fingerprint density at radius 2 is 1.95 bits per heavy atom. The van der Waals surface area contributed by atoms with E-state index in [1.165, 1.54) is 25.7 Å². The second kappa shape index (κ2) is 7.10. The summed E-state index contributed by atoms with van der Waals surface area (Å²) in [4.78, 5) is 12.3. The number of carbonyl (C=O) groups is 1.